The maximum absolute atomic E-state index is 13.2. The minimum absolute atomic E-state index is 0.212. The molecule has 10 nitrogen and oxygen atoms in total. The number of nitrogens with zero attached hydrogens (tertiary/aromatic N) is 2. The number of nitrogens with one attached hydrogen (secondary N) is 1. The van der Waals surface area contributed by atoms with Crippen LogP contribution in [0, 0.1) is 9.49 Å². The molecule has 0 aliphatic heterocycles. The average molecular weight is 630 g/mol. The molecule has 186 valence electrons. The van der Waals surface area contributed by atoms with Gasteiger partial charge in [0, 0.05) is 23.7 Å². The number of thiophene rings is 1. The summed E-state index contributed by atoms with van der Waals surface area (Å²) in [7, 11) is -4.09. The number of aromatic nitrogens is 2. The van der Waals surface area contributed by atoms with Crippen LogP contribution >= 0.6 is 33.9 Å². The maximum atomic E-state index is 13.2. The average Bonchev–Trinajstić information content (AvgIpc) is 3.43. The molecule has 4 N–H and O–H groups in total. The number of aliphatic hydroxyl groups is 1. The van der Waals surface area contributed by atoms with Gasteiger partial charge < -0.3 is 15.2 Å². The van der Waals surface area contributed by atoms with Crippen LogP contribution in [0.25, 0.3) is 0 Å². The van der Waals surface area contributed by atoms with Gasteiger partial charge in [-0.1, -0.05) is 12.1 Å². The third-order valence-electron chi connectivity index (χ3n) is 5.51. The summed E-state index contributed by atoms with van der Waals surface area (Å²) in [6.45, 7) is 0.123. The molecule has 0 radical (unpaired) electrons. The van der Waals surface area contributed by atoms with Crippen molar-refractivity contribution < 1.29 is 27.2 Å². The number of nitrogens with two attached hydrogens (primary N) is 1. The Morgan fingerprint density at radius 2 is 2.11 bits per heavy atom. The smallest absolute Gasteiger partial charge is 0.333 e. The van der Waals surface area contributed by atoms with Crippen LogP contribution in [0.15, 0.2) is 48.2 Å². The summed E-state index contributed by atoms with van der Waals surface area (Å²) < 4.78 is 33.6. The number of halogens is 1. The van der Waals surface area contributed by atoms with Crippen LogP contribution in [-0.2, 0) is 21.1 Å². The predicted octanol–water partition coefficient (Wildman–Crippen LogP) is 2.72. The predicted molar refractivity (Wildman–Crippen MR) is 138 cm³/mol. The molecule has 1 fully saturated rings. The summed E-state index contributed by atoms with van der Waals surface area (Å²) in [6.07, 6.45) is 2.78. The number of hydrogen-bond donors (Lipinski definition) is 3. The number of aliphatic hydroxyl groups excluding tert-OH is 1. The second kappa shape index (κ2) is 11.3. The lowest BCUT2D eigenvalue weighted by atomic mass is 10.1. The van der Waals surface area contributed by atoms with E-state index in [0.717, 1.165) is 14.9 Å². The van der Waals surface area contributed by atoms with E-state index in [1.54, 1.807) is 6.07 Å². The van der Waals surface area contributed by atoms with Crippen molar-refractivity contribution in [3.63, 3.8) is 0 Å². The molecule has 1 saturated carbocycles. The topological polar surface area (TPSA) is 154 Å². The molecule has 2 aromatic heterocycles. The van der Waals surface area contributed by atoms with E-state index in [1.165, 1.54) is 23.9 Å². The van der Waals surface area contributed by atoms with Gasteiger partial charge in [0.05, 0.1) is 26.7 Å². The molecule has 3 atom stereocenters. The van der Waals surface area contributed by atoms with Gasteiger partial charge >= 0.3 is 10.3 Å². The van der Waals surface area contributed by atoms with Crippen molar-refractivity contribution in [1.29, 1.82) is 0 Å². The van der Waals surface area contributed by atoms with Gasteiger partial charge in [0.2, 0.25) is 5.78 Å². The largest absolute Gasteiger partial charge is 0.488 e. The van der Waals surface area contributed by atoms with Crippen molar-refractivity contribution >= 4 is 55.8 Å². The van der Waals surface area contributed by atoms with Crippen LogP contribution in [-0.4, -0.2) is 48.0 Å². The fourth-order valence-electron chi connectivity index (χ4n) is 3.81. The van der Waals surface area contributed by atoms with Crippen LogP contribution in [0.2, 0.25) is 0 Å². The van der Waals surface area contributed by atoms with Crippen molar-refractivity contribution in [3.05, 3.63) is 67.8 Å². The second-order valence-electron chi connectivity index (χ2n) is 8.07. The van der Waals surface area contributed by atoms with Gasteiger partial charge in [-0.05, 0) is 59.0 Å². The molecule has 0 amide bonds. The first-order valence-corrected chi connectivity index (χ1v) is 14.0. The van der Waals surface area contributed by atoms with Gasteiger partial charge in [-0.15, -0.1) is 11.3 Å². The van der Waals surface area contributed by atoms with E-state index >= 15 is 0 Å². The zero-order chi connectivity index (χ0) is 25.0. The molecule has 0 unspecified atom stereocenters. The van der Waals surface area contributed by atoms with Crippen LogP contribution in [0.3, 0.4) is 0 Å². The fraction of sp³-hybridized carbons (Fsp3) is 0.318. The molecular weight excluding hydrogens is 607 g/mol. The number of hydrogen-bond acceptors (Lipinski definition) is 10. The quantitative estimate of drug-likeness (QED) is 0.227. The summed E-state index contributed by atoms with van der Waals surface area (Å²) in [5.41, 5.74) is 1.18. The second-order valence-corrected chi connectivity index (χ2v) is 11.4. The highest BCUT2D eigenvalue weighted by molar-refractivity contribution is 14.1. The summed E-state index contributed by atoms with van der Waals surface area (Å²) >= 11 is 3.52. The number of rotatable bonds is 10. The molecule has 35 heavy (non-hydrogen) atoms. The number of carbonyl (C=O) groups excluding carboxylic acids is 1. The SMILES string of the molecule is NS(=O)(=O)OC[C@H]1C[C@@H](Nc2ncncc2C(=O)c2cc(COc3ccccc3I)cs2)C[C@@H]1O. The summed E-state index contributed by atoms with van der Waals surface area (Å²) in [5.74, 6) is 0.479. The Hall–Kier alpha value is -2.17. The molecule has 0 bridgehead atoms. The first kappa shape index (κ1) is 25.9. The molecule has 0 saturated heterocycles. The number of ether oxygens (including phenoxy) is 1. The first-order valence-electron chi connectivity index (χ1n) is 10.6. The minimum Gasteiger partial charge on any atom is -0.488 e. The summed E-state index contributed by atoms with van der Waals surface area (Å²) in [4.78, 5) is 22.0. The molecule has 2 heterocycles. The Balaban J connectivity index is 1.41. The Labute approximate surface area is 220 Å². The molecule has 13 heteroatoms. The van der Waals surface area contributed by atoms with E-state index < -0.39 is 22.3 Å². The molecule has 1 aromatic carbocycles. The van der Waals surface area contributed by atoms with Crippen LogP contribution in [0.4, 0.5) is 5.82 Å². The Morgan fingerprint density at radius 3 is 2.89 bits per heavy atom. The van der Waals surface area contributed by atoms with E-state index in [-0.39, 0.29) is 18.4 Å². The first-order chi connectivity index (χ1) is 16.7. The van der Waals surface area contributed by atoms with Gasteiger partial charge in [0.15, 0.2) is 0 Å². The molecule has 1 aliphatic rings. The number of para-hydroxylation sites is 1. The van der Waals surface area contributed by atoms with Crippen molar-refractivity contribution in [2.24, 2.45) is 11.1 Å². The van der Waals surface area contributed by atoms with Crippen molar-refractivity contribution in [1.82, 2.24) is 9.97 Å². The van der Waals surface area contributed by atoms with Crippen LogP contribution < -0.4 is 15.2 Å². The number of ketones is 1. The zero-order valence-electron chi connectivity index (χ0n) is 18.3. The lowest BCUT2D eigenvalue weighted by Gasteiger charge is -2.15. The monoisotopic (exact) mass is 630 g/mol. The van der Waals surface area contributed by atoms with E-state index in [2.05, 4.69) is 42.1 Å². The van der Waals surface area contributed by atoms with E-state index in [1.807, 2.05) is 29.6 Å². The van der Waals surface area contributed by atoms with E-state index in [0.29, 0.717) is 35.7 Å². The van der Waals surface area contributed by atoms with Crippen molar-refractivity contribution in [3.8, 4) is 5.75 Å². The number of anilines is 1. The Kier molecular flexibility index (Phi) is 8.34. The maximum Gasteiger partial charge on any atom is 0.333 e. The lowest BCUT2D eigenvalue weighted by molar-refractivity contribution is 0.101. The number of carbonyl (C=O) groups is 1. The van der Waals surface area contributed by atoms with Gasteiger partial charge in [-0.25, -0.2) is 15.1 Å². The van der Waals surface area contributed by atoms with Crippen molar-refractivity contribution in [2.75, 3.05) is 11.9 Å². The Bertz CT molecular complexity index is 1300. The molecule has 3 aromatic rings. The fourth-order valence-corrected chi connectivity index (χ4v) is 5.57. The molecule has 0 spiro atoms. The molecular formula is C22H23IN4O6S2. The normalized spacial score (nSPS) is 20.0. The Morgan fingerprint density at radius 1 is 1.31 bits per heavy atom. The van der Waals surface area contributed by atoms with Gasteiger partial charge in [0.1, 0.15) is 24.5 Å². The third-order valence-corrected chi connectivity index (χ3v) is 7.84. The highest BCUT2D eigenvalue weighted by atomic mass is 127. The van der Waals surface area contributed by atoms with Crippen LogP contribution in [0.1, 0.15) is 33.6 Å². The summed E-state index contributed by atoms with van der Waals surface area (Å²) in [6, 6.07) is 9.25. The summed E-state index contributed by atoms with van der Waals surface area (Å²) in [5, 5.41) is 20.2. The van der Waals surface area contributed by atoms with Gasteiger partial charge in [-0.2, -0.15) is 8.42 Å². The van der Waals surface area contributed by atoms with E-state index in [4.69, 9.17) is 9.88 Å². The van der Waals surface area contributed by atoms with Crippen LogP contribution in [0.5, 0.6) is 5.75 Å². The van der Waals surface area contributed by atoms with Gasteiger partial charge in [0.25, 0.3) is 0 Å². The highest BCUT2D eigenvalue weighted by Crippen LogP contribution is 2.30. The molecule has 1 aliphatic carbocycles. The van der Waals surface area contributed by atoms with E-state index in [9.17, 15) is 18.3 Å². The van der Waals surface area contributed by atoms with Gasteiger partial charge in [-0.3, -0.25) is 8.98 Å². The number of benzene rings is 1. The minimum atomic E-state index is -4.09. The zero-order valence-corrected chi connectivity index (χ0v) is 22.1. The third kappa shape index (κ3) is 6.95. The standard InChI is InChI=1S/C22H23IN4O6S2/c23-17-3-1-2-4-19(17)32-9-13-5-20(34-11-13)21(29)16-8-25-12-26-22(16)27-15-6-14(18(28)7-15)10-33-35(24,30)31/h1-5,8,11-12,14-15,18,28H,6-7,9-10H2,(H2,24,30,31)(H,25,26,27)/t14-,15-,18+/m1/s1. The van der Waals surface area contributed by atoms with Crippen molar-refractivity contribution in [2.45, 2.75) is 31.6 Å². The lowest BCUT2D eigenvalue weighted by Crippen LogP contribution is -2.24. The highest BCUT2D eigenvalue weighted by Gasteiger charge is 2.34. The molecule has 4 rings (SSSR count).